The molecular weight excluding hydrogens is 402 g/mol. The Morgan fingerprint density at radius 2 is 1.63 bits per heavy atom. The molecule has 1 aromatic heterocycles. The zero-order valence-corrected chi connectivity index (χ0v) is 16.5. The molecule has 0 spiro atoms. The first-order valence-electron chi connectivity index (χ1n) is 9.05. The lowest BCUT2D eigenvalue weighted by molar-refractivity contribution is -0.113. The van der Waals surface area contributed by atoms with Gasteiger partial charge in [-0.15, -0.1) is 10.2 Å². The van der Waals surface area contributed by atoms with E-state index in [9.17, 15) is 9.90 Å². The van der Waals surface area contributed by atoms with Crippen LogP contribution in [-0.2, 0) is 4.79 Å². The van der Waals surface area contributed by atoms with Gasteiger partial charge < -0.3 is 19.6 Å². The van der Waals surface area contributed by atoms with Crippen LogP contribution in [0.4, 0.5) is 5.69 Å². The van der Waals surface area contributed by atoms with Crippen LogP contribution in [0.25, 0.3) is 11.5 Å². The van der Waals surface area contributed by atoms with Crippen LogP contribution in [0.2, 0.25) is 0 Å². The minimum Gasteiger partial charge on any atom is -0.507 e. The van der Waals surface area contributed by atoms with E-state index in [-0.39, 0.29) is 28.5 Å². The van der Waals surface area contributed by atoms with Crippen molar-refractivity contribution in [2.75, 3.05) is 11.1 Å². The van der Waals surface area contributed by atoms with E-state index in [0.717, 1.165) is 17.5 Å². The number of phenols is 1. The van der Waals surface area contributed by atoms with Gasteiger partial charge in [-0.25, -0.2) is 0 Å². The summed E-state index contributed by atoms with van der Waals surface area (Å²) in [6.07, 6.45) is 0. The molecule has 0 fully saturated rings. The van der Waals surface area contributed by atoms with E-state index >= 15 is 0 Å². The van der Waals surface area contributed by atoms with Crippen LogP contribution in [0.1, 0.15) is 0 Å². The summed E-state index contributed by atoms with van der Waals surface area (Å²) in [5, 5.41) is 20.7. The Balaban J connectivity index is 1.29. The number of para-hydroxylation sites is 2. The first kappa shape index (κ1) is 19.5. The summed E-state index contributed by atoms with van der Waals surface area (Å²) in [5.74, 6) is 1.56. The van der Waals surface area contributed by atoms with Gasteiger partial charge in [0.25, 0.3) is 11.1 Å². The maximum Gasteiger partial charge on any atom is 0.277 e. The zero-order chi connectivity index (χ0) is 20.8. The summed E-state index contributed by atoms with van der Waals surface area (Å²) in [4.78, 5) is 12.2. The van der Waals surface area contributed by atoms with E-state index in [1.54, 1.807) is 42.5 Å². The maximum atomic E-state index is 12.2. The Labute approximate surface area is 176 Å². The molecule has 0 atom stereocenters. The van der Waals surface area contributed by atoms with Crippen molar-refractivity contribution in [2.24, 2.45) is 0 Å². The van der Waals surface area contributed by atoms with Gasteiger partial charge in [0.1, 0.15) is 17.2 Å². The van der Waals surface area contributed by atoms with Gasteiger partial charge in [0.2, 0.25) is 5.91 Å². The summed E-state index contributed by atoms with van der Waals surface area (Å²) in [5.41, 5.74) is 1.10. The van der Waals surface area contributed by atoms with Crippen LogP contribution in [0, 0.1) is 0 Å². The van der Waals surface area contributed by atoms with Gasteiger partial charge in [0, 0.05) is 5.69 Å². The Morgan fingerprint density at radius 1 is 0.933 bits per heavy atom. The molecule has 30 heavy (non-hydrogen) atoms. The van der Waals surface area contributed by atoms with E-state index < -0.39 is 0 Å². The number of anilines is 1. The van der Waals surface area contributed by atoms with Crippen molar-refractivity contribution < 1.29 is 19.1 Å². The van der Waals surface area contributed by atoms with Gasteiger partial charge >= 0.3 is 0 Å². The molecule has 0 aliphatic heterocycles. The fraction of sp³-hybridized carbons (Fsp3) is 0.0455. The number of amides is 1. The van der Waals surface area contributed by atoms with E-state index in [0.29, 0.717) is 17.0 Å². The van der Waals surface area contributed by atoms with Crippen molar-refractivity contribution in [1.29, 1.82) is 0 Å². The maximum absolute atomic E-state index is 12.2. The van der Waals surface area contributed by atoms with Crippen LogP contribution in [0.3, 0.4) is 0 Å². The van der Waals surface area contributed by atoms with Crippen molar-refractivity contribution in [2.45, 2.75) is 5.22 Å². The molecule has 0 aliphatic carbocycles. The smallest absolute Gasteiger partial charge is 0.277 e. The van der Waals surface area contributed by atoms with Crippen molar-refractivity contribution in [3.05, 3.63) is 78.9 Å². The molecule has 0 saturated carbocycles. The molecule has 150 valence electrons. The monoisotopic (exact) mass is 419 g/mol. The van der Waals surface area contributed by atoms with Gasteiger partial charge in [-0.2, -0.15) is 0 Å². The summed E-state index contributed by atoms with van der Waals surface area (Å²) in [7, 11) is 0. The summed E-state index contributed by atoms with van der Waals surface area (Å²) >= 11 is 1.12. The number of rotatable bonds is 7. The number of phenolic OH excluding ortho intramolecular Hbond substituents is 1. The van der Waals surface area contributed by atoms with Crippen LogP contribution >= 0.6 is 11.8 Å². The summed E-state index contributed by atoms with van der Waals surface area (Å²) in [6, 6.07) is 23.2. The molecule has 2 N–H and O–H groups in total. The van der Waals surface area contributed by atoms with Crippen LogP contribution < -0.4 is 10.1 Å². The number of carbonyl (C=O) groups excluding carboxylic acids is 1. The fourth-order valence-corrected chi connectivity index (χ4v) is 3.15. The molecule has 0 unspecified atom stereocenters. The first-order chi connectivity index (χ1) is 14.7. The lowest BCUT2D eigenvalue weighted by Crippen LogP contribution is -2.13. The topological polar surface area (TPSA) is 97.5 Å². The largest absolute Gasteiger partial charge is 0.507 e. The summed E-state index contributed by atoms with van der Waals surface area (Å²) in [6.45, 7) is 0. The van der Waals surface area contributed by atoms with Crippen LogP contribution in [0.5, 0.6) is 17.2 Å². The standard InChI is InChI=1S/C22H17N3O4S/c26-19-9-5-4-8-18(19)21-24-25-22(29-21)30-14-20(27)23-15-10-12-17(13-11-15)28-16-6-2-1-3-7-16/h1-13,26H,14H2,(H,23,27). The average molecular weight is 419 g/mol. The second-order valence-electron chi connectivity index (χ2n) is 6.17. The molecule has 4 rings (SSSR count). The molecular formula is C22H17N3O4S. The second kappa shape index (κ2) is 9.15. The highest BCUT2D eigenvalue weighted by Gasteiger charge is 2.13. The summed E-state index contributed by atoms with van der Waals surface area (Å²) < 4.78 is 11.2. The van der Waals surface area contributed by atoms with Crippen molar-refractivity contribution >= 4 is 23.4 Å². The average Bonchev–Trinajstić information content (AvgIpc) is 3.24. The van der Waals surface area contributed by atoms with E-state index in [2.05, 4.69) is 15.5 Å². The number of carbonyl (C=O) groups is 1. The fourth-order valence-electron chi connectivity index (χ4n) is 2.59. The van der Waals surface area contributed by atoms with Gasteiger partial charge in [0.05, 0.1) is 11.3 Å². The normalized spacial score (nSPS) is 10.5. The van der Waals surface area contributed by atoms with E-state index in [1.165, 1.54) is 6.07 Å². The highest BCUT2D eigenvalue weighted by molar-refractivity contribution is 7.99. The number of nitrogens with zero attached hydrogens (tertiary/aromatic N) is 2. The Bertz CT molecular complexity index is 1130. The molecule has 0 radical (unpaired) electrons. The molecule has 3 aromatic carbocycles. The third-order valence-electron chi connectivity index (χ3n) is 3.98. The van der Waals surface area contributed by atoms with Gasteiger partial charge in [-0.1, -0.05) is 42.1 Å². The number of aromatic hydroxyl groups is 1. The third kappa shape index (κ3) is 4.98. The van der Waals surface area contributed by atoms with E-state index in [1.807, 2.05) is 30.3 Å². The highest BCUT2D eigenvalue weighted by Crippen LogP contribution is 2.29. The van der Waals surface area contributed by atoms with Crippen molar-refractivity contribution in [3.8, 4) is 28.7 Å². The van der Waals surface area contributed by atoms with Gasteiger partial charge in [-0.3, -0.25) is 4.79 Å². The number of benzene rings is 3. The number of ether oxygens (including phenoxy) is 1. The number of thioether (sulfide) groups is 1. The predicted octanol–water partition coefficient (Wildman–Crippen LogP) is 4.97. The SMILES string of the molecule is O=C(CSc1nnc(-c2ccccc2O)o1)Nc1ccc(Oc2ccccc2)cc1. The second-order valence-corrected chi connectivity index (χ2v) is 7.09. The number of hydrogen-bond donors (Lipinski definition) is 2. The molecule has 7 nitrogen and oxygen atoms in total. The molecule has 1 amide bonds. The predicted molar refractivity (Wildman–Crippen MR) is 114 cm³/mol. The number of aromatic nitrogens is 2. The molecule has 0 aliphatic rings. The molecule has 8 heteroatoms. The van der Waals surface area contributed by atoms with E-state index in [4.69, 9.17) is 9.15 Å². The Morgan fingerprint density at radius 3 is 2.40 bits per heavy atom. The van der Waals surface area contributed by atoms with Gasteiger partial charge in [-0.05, 0) is 48.5 Å². The quantitative estimate of drug-likeness (QED) is 0.408. The lowest BCUT2D eigenvalue weighted by atomic mass is 10.2. The molecule has 0 bridgehead atoms. The zero-order valence-electron chi connectivity index (χ0n) is 15.7. The first-order valence-corrected chi connectivity index (χ1v) is 10.0. The minimum atomic E-state index is -0.209. The molecule has 4 aromatic rings. The minimum absolute atomic E-state index is 0.0510. The van der Waals surface area contributed by atoms with Crippen LogP contribution in [-0.4, -0.2) is 27.0 Å². The molecule has 1 heterocycles. The van der Waals surface area contributed by atoms with Crippen molar-refractivity contribution in [3.63, 3.8) is 0 Å². The third-order valence-corrected chi connectivity index (χ3v) is 4.80. The number of nitrogens with one attached hydrogen (secondary N) is 1. The Kier molecular flexibility index (Phi) is 5.95. The lowest BCUT2D eigenvalue weighted by Gasteiger charge is -2.07. The number of hydrogen-bond acceptors (Lipinski definition) is 7. The molecule has 0 saturated heterocycles. The van der Waals surface area contributed by atoms with Crippen molar-refractivity contribution in [1.82, 2.24) is 10.2 Å². The Hall–Kier alpha value is -3.78. The van der Waals surface area contributed by atoms with Crippen LogP contribution in [0.15, 0.2) is 88.5 Å². The van der Waals surface area contributed by atoms with Gasteiger partial charge in [0.15, 0.2) is 0 Å². The highest BCUT2D eigenvalue weighted by atomic mass is 32.2.